The number of hydrazine groups is 1. The number of quaternary nitrogens is 1. The molecule has 6 heteroatoms. The van der Waals surface area contributed by atoms with E-state index in [-0.39, 0.29) is 11.8 Å². The molecule has 0 radical (unpaired) electrons. The maximum Gasteiger partial charge on any atom is 0.293 e. The van der Waals surface area contributed by atoms with Crippen LogP contribution in [0.25, 0.3) is 0 Å². The average Bonchev–Trinajstić information content (AvgIpc) is 2.49. The normalized spacial score (nSPS) is 15.5. The summed E-state index contributed by atoms with van der Waals surface area (Å²) in [7, 11) is 0. The van der Waals surface area contributed by atoms with E-state index in [1.165, 1.54) is 28.6 Å². The summed E-state index contributed by atoms with van der Waals surface area (Å²) in [5.74, 6) is -0.409. The highest BCUT2D eigenvalue weighted by atomic mass is 16.2. The van der Waals surface area contributed by atoms with Crippen LogP contribution in [0.1, 0.15) is 18.1 Å². The third-order valence-corrected chi connectivity index (χ3v) is 4.18. The Balaban J connectivity index is 1.84. The van der Waals surface area contributed by atoms with Crippen LogP contribution in [-0.2, 0) is 9.59 Å². The van der Waals surface area contributed by atoms with E-state index in [2.05, 4.69) is 47.8 Å². The maximum absolute atomic E-state index is 11.7. The summed E-state index contributed by atoms with van der Waals surface area (Å²) >= 11 is 0. The Labute approximate surface area is 131 Å². The molecule has 6 nitrogen and oxygen atoms in total. The molecular weight excluding hydrogens is 280 g/mol. The second-order valence-corrected chi connectivity index (χ2v) is 5.86. The minimum absolute atomic E-state index is 0.148. The molecule has 22 heavy (non-hydrogen) atoms. The first kappa shape index (κ1) is 16.3. The summed E-state index contributed by atoms with van der Waals surface area (Å²) in [4.78, 5) is 26.1. The van der Waals surface area contributed by atoms with Gasteiger partial charge in [-0.1, -0.05) is 12.1 Å². The van der Waals surface area contributed by atoms with Gasteiger partial charge in [0.1, 0.15) is 0 Å². The molecule has 2 rings (SSSR count). The van der Waals surface area contributed by atoms with Gasteiger partial charge in [0.15, 0.2) is 6.54 Å². The highest BCUT2D eigenvalue weighted by Gasteiger charge is 2.23. The number of rotatable bonds is 3. The number of anilines is 1. The Kier molecular flexibility index (Phi) is 5.38. The molecule has 0 aromatic heterocycles. The molecule has 120 valence electrons. The summed E-state index contributed by atoms with van der Waals surface area (Å²) < 4.78 is 0. The van der Waals surface area contributed by atoms with Gasteiger partial charge in [-0.25, -0.2) is 0 Å². The molecule has 2 amide bonds. The lowest BCUT2D eigenvalue weighted by Gasteiger charge is -2.34. The van der Waals surface area contributed by atoms with E-state index < -0.39 is 0 Å². The molecular formula is C16H25N4O2+. The largest absolute Gasteiger partial charge is 0.360 e. The van der Waals surface area contributed by atoms with Crippen molar-refractivity contribution < 1.29 is 14.5 Å². The molecule has 1 aliphatic rings. The Morgan fingerprint density at radius 3 is 2.50 bits per heavy atom. The highest BCUT2D eigenvalue weighted by Crippen LogP contribution is 2.22. The second kappa shape index (κ2) is 7.26. The fourth-order valence-corrected chi connectivity index (χ4v) is 2.75. The summed E-state index contributed by atoms with van der Waals surface area (Å²) in [5, 5.41) is 0. The van der Waals surface area contributed by atoms with Crippen LogP contribution >= 0.6 is 0 Å². The summed E-state index contributed by atoms with van der Waals surface area (Å²) in [6, 6.07) is 6.39. The first-order chi connectivity index (χ1) is 10.5. The number of piperazine rings is 1. The van der Waals surface area contributed by atoms with Gasteiger partial charge in [0.25, 0.3) is 5.91 Å². The zero-order valence-corrected chi connectivity index (χ0v) is 13.5. The molecule has 3 N–H and O–H groups in total. The van der Waals surface area contributed by atoms with Crippen molar-refractivity contribution >= 4 is 17.5 Å². The van der Waals surface area contributed by atoms with Crippen LogP contribution < -0.4 is 20.7 Å². The van der Waals surface area contributed by atoms with Crippen molar-refractivity contribution in [2.45, 2.75) is 20.8 Å². The molecule has 0 spiro atoms. The Morgan fingerprint density at radius 2 is 1.86 bits per heavy atom. The lowest BCUT2D eigenvalue weighted by Crippen LogP contribution is -3.16. The number of hydrogen-bond donors (Lipinski definition) is 3. The average molecular weight is 305 g/mol. The van der Waals surface area contributed by atoms with E-state index in [1.807, 2.05) is 0 Å². The van der Waals surface area contributed by atoms with Gasteiger partial charge in [0.2, 0.25) is 5.91 Å². The van der Waals surface area contributed by atoms with E-state index in [9.17, 15) is 9.59 Å². The maximum atomic E-state index is 11.7. The van der Waals surface area contributed by atoms with Crippen LogP contribution in [0.2, 0.25) is 0 Å². The molecule has 1 aromatic carbocycles. The predicted octanol–water partition coefficient (Wildman–Crippen LogP) is -0.824. The minimum Gasteiger partial charge on any atom is -0.360 e. The number of aryl methyl sites for hydroxylation is 1. The van der Waals surface area contributed by atoms with E-state index in [0.29, 0.717) is 6.54 Å². The number of nitrogens with one attached hydrogen (secondary N) is 3. The molecule has 0 bridgehead atoms. The summed E-state index contributed by atoms with van der Waals surface area (Å²) in [6.45, 7) is 9.76. The number of carbonyl (C=O) groups excluding carboxylic acids is 2. The summed E-state index contributed by atoms with van der Waals surface area (Å²) in [6.07, 6.45) is 0. The summed E-state index contributed by atoms with van der Waals surface area (Å²) in [5.41, 5.74) is 8.67. The molecule has 0 saturated carbocycles. The van der Waals surface area contributed by atoms with Crippen LogP contribution in [0.4, 0.5) is 5.69 Å². The molecule has 0 atom stereocenters. The van der Waals surface area contributed by atoms with Crippen molar-refractivity contribution in [1.82, 2.24) is 10.9 Å². The smallest absolute Gasteiger partial charge is 0.293 e. The highest BCUT2D eigenvalue weighted by molar-refractivity contribution is 5.81. The van der Waals surface area contributed by atoms with Crippen molar-refractivity contribution in [1.29, 1.82) is 0 Å². The van der Waals surface area contributed by atoms with Gasteiger partial charge in [-0.2, -0.15) is 0 Å². The van der Waals surface area contributed by atoms with Gasteiger partial charge in [0, 0.05) is 12.6 Å². The van der Waals surface area contributed by atoms with Crippen LogP contribution in [-0.4, -0.2) is 44.5 Å². The van der Waals surface area contributed by atoms with E-state index in [1.54, 1.807) is 0 Å². The van der Waals surface area contributed by atoms with Gasteiger partial charge in [-0.3, -0.25) is 20.4 Å². The zero-order valence-electron chi connectivity index (χ0n) is 13.5. The molecule has 1 heterocycles. The van der Waals surface area contributed by atoms with Crippen LogP contribution in [0.15, 0.2) is 18.2 Å². The molecule has 0 unspecified atom stereocenters. The van der Waals surface area contributed by atoms with E-state index in [4.69, 9.17) is 0 Å². The van der Waals surface area contributed by atoms with Crippen LogP contribution in [0, 0.1) is 13.8 Å². The van der Waals surface area contributed by atoms with E-state index >= 15 is 0 Å². The number of nitrogens with zero attached hydrogens (tertiary/aromatic N) is 1. The number of benzene rings is 1. The first-order valence-corrected chi connectivity index (χ1v) is 7.67. The van der Waals surface area contributed by atoms with Crippen molar-refractivity contribution in [2.24, 2.45) is 0 Å². The van der Waals surface area contributed by atoms with E-state index in [0.717, 1.165) is 26.2 Å². The quantitative estimate of drug-likeness (QED) is 0.639. The lowest BCUT2D eigenvalue weighted by atomic mass is 10.1. The fourth-order valence-electron chi connectivity index (χ4n) is 2.75. The Morgan fingerprint density at radius 1 is 1.18 bits per heavy atom. The minimum atomic E-state index is -0.261. The van der Waals surface area contributed by atoms with Crippen molar-refractivity contribution in [3.05, 3.63) is 29.3 Å². The molecule has 1 aliphatic heterocycles. The van der Waals surface area contributed by atoms with Gasteiger partial charge >= 0.3 is 0 Å². The first-order valence-electron chi connectivity index (χ1n) is 7.67. The van der Waals surface area contributed by atoms with Crippen molar-refractivity contribution in [2.75, 3.05) is 37.6 Å². The van der Waals surface area contributed by atoms with Crippen LogP contribution in [0.3, 0.4) is 0 Å². The Bertz CT molecular complexity index is 551. The third-order valence-electron chi connectivity index (χ3n) is 4.18. The Hall–Kier alpha value is -2.08. The number of amides is 2. The number of carbonyl (C=O) groups is 2. The standard InChI is InChI=1S/C16H24N4O2/c1-12-5-4-6-15(13(12)2)20-9-7-19(8-10-20)11-16(22)18-17-14(3)21/h4-6H,7-11H2,1-3H3,(H,17,21)(H,18,22)/p+1. The zero-order chi connectivity index (χ0) is 16.1. The second-order valence-electron chi connectivity index (χ2n) is 5.86. The third kappa shape index (κ3) is 4.21. The number of hydrogen-bond acceptors (Lipinski definition) is 3. The molecule has 0 aliphatic carbocycles. The van der Waals surface area contributed by atoms with Gasteiger partial charge < -0.3 is 9.80 Å². The monoisotopic (exact) mass is 305 g/mol. The fraction of sp³-hybridized carbons (Fsp3) is 0.500. The van der Waals surface area contributed by atoms with Gasteiger partial charge in [-0.05, 0) is 31.0 Å². The topological polar surface area (TPSA) is 65.9 Å². The van der Waals surface area contributed by atoms with Gasteiger partial charge in [-0.15, -0.1) is 0 Å². The predicted molar refractivity (Wildman–Crippen MR) is 85.7 cm³/mol. The molecule has 1 fully saturated rings. The molecule has 1 aromatic rings. The van der Waals surface area contributed by atoms with Crippen molar-refractivity contribution in [3.63, 3.8) is 0 Å². The van der Waals surface area contributed by atoms with Gasteiger partial charge in [0.05, 0.1) is 26.2 Å². The van der Waals surface area contributed by atoms with Crippen LogP contribution in [0.5, 0.6) is 0 Å². The SMILES string of the molecule is CC(=O)NNC(=O)C[NH+]1CCN(c2cccc(C)c2C)CC1. The van der Waals surface area contributed by atoms with Crippen molar-refractivity contribution in [3.8, 4) is 0 Å². The lowest BCUT2D eigenvalue weighted by molar-refractivity contribution is -0.892. The molecule has 1 saturated heterocycles.